The first-order chi connectivity index (χ1) is 9.37. The summed E-state index contributed by atoms with van der Waals surface area (Å²) in [4.78, 5) is 13.9. The van der Waals surface area contributed by atoms with Crippen molar-refractivity contribution in [1.29, 1.82) is 0 Å². The van der Waals surface area contributed by atoms with Crippen LogP contribution in [-0.2, 0) is 0 Å². The summed E-state index contributed by atoms with van der Waals surface area (Å²) in [5, 5.41) is 18.4. The Balaban J connectivity index is 2.85. The van der Waals surface area contributed by atoms with Crippen LogP contribution in [0.1, 0.15) is 36.7 Å². The molecule has 4 nitrogen and oxygen atoms in total. The van der Waals surface area contributed by atoms with Gasteiger partial charge in [-0.15, -0.1) is 0 Å². The average Bonchev–Trinajstić information content (AvgIpc) is 2.41. The average molecular weight is 275 g/mol. The van der Waals surface area contributed by atoms with Crippen LogP contribution in [0.15, 0.2) is 24.3 Å². The Labute approximate surface area is 120 Å². The smallest absolute Gasteiger partial charge is 0.253 e. The maximum atomic E-state index is 12.3. The van der Waals surface area contributed by atoms with Gasteiger partial charge in [0, 0.05) is 24.2 Å². The Kier molecular flexibility index (Phi) is 5.75. The maximum Gasteiger partial charge on any atom is 0.253 e. The van der Waals surface area contributed by atoms with E-state index in [1.54, 1.807) is 43.0 Å². The number of amides is 1. The van der Waals surface area contributed by atoms with Gasteiger partial charge >= 0.3 is 0 Å². The van der Waals surface area contributed by atoms with Crippen LogP contribution in [0.2, 0.25) is 0 Å². The van der Waals surface area contributed by atoms with E-state index >= 15 is 0 Å². The van der Waals surface area contributed by atoms with Crippen LogP contribution in [0.4, 0.5) is 0 Å². The zero-order chi connectivity index (χ0) is 15.2. The fraction of sp³-hybridized carbons (Fsp3) is 0.438. The molecule has 1 rings (SSSR count). The summed E-state index contributed by atoms with van der Waals surface area (Å²) in [5.41, 5.74) is 0.393. The van der Waals surface area contributed by atoms with Crippen molar-refractivity contribution >= 4 is 5.91 Å². The number of benzene rings is 1. The van der Waals surface area contributed by atoms with Crippen molar-refractivity contribution in [3.63, 3.8) is 0 Å². The van der Waals surface area contributed by atoms with Crippen LogP contribution in [-0.4, -0.2) is 46.3 Å². The van der Waals surface area contributed by atoms with Gasteiger partial charge in [-0.3, -0.25) is 4.79 Å². The van der Waals surface area contributed by atoms with E-state index in [4.69, 9.17) is 5.11 Å². The number of hydrogen-bond donors (Lipinski definition) is 2. The third kappa shape index (κ3) is 5.04. The third-order valence-corrected chi connectivity index (χ3v) is 2.69. The highest BCUT2D eigenvalue weighted by molar-refractivity contribution is 5.94. The first-order valence-electron chi connectivity index (χ1n) is 6.59. The molecule has 0 unspecified atom stereocenters. The van der Waals surface area contributed by atoms with Crippen LogP contribution in [0.3, 0.4) is 0 Å². The fourth-order valence-corrected chi connectivity index (χ4v) is 1.81. The normalized spacial score (nSPS) is 10.7. The second-order valence-corrected chi connectivity index (χ2v) is 5.17. The summed E-state index contributed by atoms with van der Waals surface area (Å²) < 4.78 is 0. The minimum Gasteiger partial charge on any atom is -0.389 e. The van der Waals surface area contributed by atoms with E-state index in [-0.39, 0.29) is 19.1 Å². The molecule has 0 fully saturated rings. The van der Waals surface area contributed by atoms with E-state index in [9.17, 15) is 9.90 Å². The molecule has 0 saturated carbocycles. The third-order valence-electron chi connectivity index (χ3n) is 2.69. The van der Waals surface area contributed by atoms with E-state index in [2.05, 4.69) is 11.8 Å². The van der Waals surface area contributed by atoms with Crippen molar-refractivity contribution in [1.82, 2.24) is 4.90 Å². The van der Waals surface area contributed by atoms with E-state index in [1.165, 1.54) is 0 Å². The lowest BCUT2D eigenvalue weighted by Gasteiger charge is -2.28. The molecule has 0 radical (unpaired) electrons. The van der Waals surface area contributed by atoms with E-state index in [0.717, 1.165) is 5.56 Å². The molecular formula is C16H21NO3. The van der Waals surface area contributed by atoms with Crippen molar-refractivity contribution in [3.05, 3.63) is 35.4 Å². The molecule has 0 saturated heterocycles. The predicted octanol–water partition coefficient (Wildman–Crippen LogP) is 1.26. The lowest BCUT2D eigenvalue weighted by Crippen LogP contribution is -2.42. The van der Waals surface area contributed by atoms with Gasteiger partial charge < -0.3 is 15.1 Å². The fourth-order valence-electron chi connectivity index (χ4n) is 1.81. The Hall–Kier alpha value is -1.83. The van der Waals surface area contributed by atoms with Crippen molar-refractivity contribution in [2.75, 3.05) is 19.7 Å². The molecule has 2 N–H and O–H groups in total. The molecule has 0 heterocycles. The van der Waals surface area contributed by atoms with Crippen LogP contribution >= 0.6 is 0 Å². The van der Waals surface area contributed by atoms with E-state index in [1.807, 2.05) is 6.92 Å². The Bertz CT molecular complexity index is 503. The molecule has 0 bridgehead atoms. The molecule has 20 heavy (non-hydrogen) atoms. The topological polar surface area (TPSA) is 60.8 Å². The van der Waals surface area contributed by atoms with E-state index < -0.39 is 5.60 Å². The monoisotopic (exact) mass is 275 g/mol. The minimum atomic E-state index is -0.918. The molecule has 0 aromatic heterocycles. The van der Waals surface area contributed by atoms with Gasteiger partial charge in [0.05, 0.1) is 5.60 Å². The summed E-state index contributed by atoms with van der Waals surface area (Å²) in [6, 6.07) is 6.90. The van der Waals surface area contributed by atoms with Crippen LogP contribution in [0, 0.1) is 11.8 Å². The molecule has 0 atom stereocenters. The van der Waals surface area contributed by atoms with Crippen molar-refractivity contribution < 1.29 is 15.0 Å². The molecule has 4 heteroatoms. The lowest BCUT2D eigenvalue weighted by molar-refractivity contribution is 0.0314. The molecule has 108 valence electrons. The maximum absolute atomic E-state index is 12.3. The Morgan fingerprint density at radius 3 is 2.35 bits per heavy atom. The summed E-state index contributed by atoms with van der Waals surface area (Å²) >= 11 is 0. The molecule has 1 amide bonds. The standard InChI is InChI=1S/C16H21NO3/c1-4-17(12-16(2,3)20)15(19)14-9-7-13(8-10-14)6-5-11-18/h7-10,18,20H,4,11-12H2,1-3H3. The number of aliphatic hydroxyl groups excluding tert-OH is 1. The molecule has 1 aromatic rings. The molecule has 0 aliphatic rings. The van der Waals surface area contributed by atoms with Crippen LogP contribution < -0.4 is 0 Å². The van der Waals surface area contributed by atoms with Gasteiger partial charge in [-0.1, -0.05) is 11.8 Å². The highest BCUT2D eigenvalue weighted by Crippen LogP contribution is 2.11. The van der Waals surface area contributed by atoms with Gasteiger partial charge in [0.2, 0.25) is 0 Å². The lowest BCUT2D eigenvalue weighted by atomic mass is 10.1. The summed E-state index contributed by atoms with van der Waals surface area (Å²) in [5.74, 6) is 5.22. The van der Waals surface area contributed by atoms with Crippen LogP contribution in [0.5, 0.6) is 0 Å². The second-order valence-electron chi connectivity index (χ2n) is 5.17. The zero-order valence-electron chi connectivity index (χ0n) is 12.2. The molecular weight excluding hydrogens is 254 g/mol. The molecule has 0 spiro atoms. The van der Waals surface area contributed by atoms with E-state index in [0.29, 0.717) is 12.1 Å². The number of likely N-dealkylation sites (N-methyl/N-ethyl adjacent to an activating group) is 1. The summed E-state index contributed by atoms with van der Waals surface area (Å²) in [7, 11) is 0. The molecule has 0 aliphatic heterocycles. The van der Waals surface area contributed by atoms with Crippen molar-refractivity contribution in [3.8, 4) is 11.8 Å². The van der Waals surface area contributed by atoms with Gasteiger partial charge in [0.15, 0.2) is 0 Å². The first kappa shape index (κ1) is 16.2. The number of rotatable bonds is 4. The SMILES string of the molecule is CCN(CC(C)(C)O)C(=O)c1ccc(C#CCO)cc1. The number of hydrogen-bond acceptors (Lipinski definition) is 3. The highest BCUT2D eigenvalue weighted by atomic mass is 16.3. The predicted molar refractivity (Wildman–Crippen MR) is 78.3 cm³/mol. The van der Waals surface area contributed by atoms with Crippen molar-refractivity contribution in [2.45, 2.75) is 26.4 Å². The largest absolute Gasteiger partial charge is 0.389 e. The Morgan fingerprint density at radius 2 is 1.90 bits per heavy atom. The quantitative estimate of drug-likeness (QED) is 0.813. The zero-order valence-corrected chi connectivity index (χ0v) is 12.2. The number of carbonyl (C=O) groups is 1. The van der Waals surface area contributed by atoms with Gasteiger partial charge in [-0.05, 0) is 45.0 Å². The van der Waals surface area contributed by atoms with Gasteiger partial charge in [-0.2, -0.15) is 0 Å². The number of carbonyl (C=O) groups excluding carboxylic acids is 1. The molecule has 1 aromatic carbocycles. The number of aliphatic hydroxyl groups is 2. The summed E-state index contributed by atoms with van der Waals surface area (Å²) in [6.45, 7) is 5.87. The van der Waals surface area contributed by atoms with Gasteiger partial charge in [0.1, 0.15) is 6.61 Å². The summed E-state index contributed by atoms with van der Waals surface area (Å²) in [6.07, 6.45) is 0. The Morgan fingerprint density at radius 1 is 1.30 bits per heavy atom. The first-order valence-corrected chi connectivity index (χ1v) is 6.59. The van der Waals surface area contributed by atoms with Crippen LogP contribution in [0.25, 0.3) is 0 Å². The number of nitrogens with zero attached hydrogens (tertiary/aromatic N) is 1. The second kappa shape index (κ2) is 7.09. The van der Waals surface area contributed by atoms with Gasteiger partial charge in [-0.25, -0.2) is 0 Å². The highest BCUT2D eigenvalue weighted by Gasteiger charge is 2.22. The minimum absolute atomic E-state index is 0.115. The molecule has 0 aliphatic carbocycles. The van der Waals surface area contributed by atoms with Gasteiger partial charge in [0.25, 0.3) is 5.91 Å². The van der Waals surface area contributed by atoms with Crippen molar-refractivity contribution in [2.24, 2.45) is 0 Å².